The van der Waals surface area contributed by atoms with E-state index in [0.29, 0.717) is 29.7 Å². The maximum atomic E-state index is 12.4. The second-order valence-corrected chi connectivity index (χ2v) is 7.14. The zero-order valence-corrected chi connectivity index (χ0v) is 11.8. The molecule has 1 aliphatic rings. The van der Waals surface area contributed by atoms with Crippen LogP contribution < -0.4 is 5.73 Å². The van der Waals surface area contributed by atoms with Crippen LogP contribution in [0.5, 0.6) is 0 Å². The second kappa shape index (κ2) is 5.07. The van der Waals surface area contributed by atoms with Gasteiger partial charge >= 0.3 is 0 Å². The summed E-state index contributed by atoms with van der Waals surface area (Å²) >= 11 is 5.81. The van der Waals surface area contributed by atoms with Crippen LogP contribution in [0.3, 0.4) is 0 Å². The highest BCUT2D eigenvalue weighted by atomic mass is 35.5. The number of hydrogen-bond donors (Lipinski definition) is 1. The number of piperidine rings is 1. The molecule has 18 heavy (non-hydrogen) atoms. The maximum Gasteiger partial charge on any atom is 0.243 e. The number of hydrogen-bond acceptors (Lipinski definition) is 3. The molecule has 2 rings (SSSR count). The third kappa shape index (κ3) is 2.63. The average molecular weight is 289 g/mol. The van der Waals surface area contributed by atoms with Gasteiger partial charge in [0.15, 0.2) is 0 Å². The van der Waals surface area contributed by atoms with E-state index in [1.807, 2.05) is 0 Å². The molecule has 0 aliphatic carbocycles. The third-order valence-corrected chi connectivity index (χ3v) is 5.43. The van der Waals surface area contributed by atoms with Gasteiger partial charge in [0.25, 0.3) is 0 Å². The molecule has 0 amide bonds. The monoisotopic (exact) mass is 288 g/mol. The molecular weight excluding hydrogens is 272 g/mol. The van der Waals surface area contributed by atoms with Crippen LogP contribution in [0.2, 0.25) is 5.02 Å². The van der Waals surface area contributed by atoms with E-state index in [4.69, 9.17) is 17.3 Å². The fourth-order valence-electron chi connectivity index (χ4n) is 2.20. The van der Waals surface area contributed by atoms with Gasteiger partial charge in [-0.1, -0.05) is 18.5 Å². The molecule has 1 fully saturated rings. The van der Waals surface area contributed by atoms with Crippen LogP contribution in [0.15, 0.2) is 23.1 Å². The van der Waals surface area contributed by atoms with Gasteiger partial charge in [-0.05, 0) is 37.0 Å². The fraction of sp³-hybridized carbons (Fsp3) is 0.500. The number of anilines is 1. The first kappa shape index (κ1) is 13.6. The SMILES string of the molecule is C[C@@H]1CCCN(S(=O)(=O)c2ccc(Cl)c(N)c2)C1. The highest BCUT2D eigenvalue weighted by Gasteiger charge is 2.28. The molecule has 0 radical (unpaired) electrons. The lowest BCUT2D eigenvalue weighted by molar-refractivity contribution is 0.281. The van der Waals surface area contributed by atoms with E-state index >= 15 is 0 Å². The highest BCUT2D eigenvalue weighted by Crippen LogP contribution is 2.27. The summed E-state index contributed by atoms with van der Waals surface area (Å²) in [6.45, 7) is 3.22. The molecular formula is C12H17ClN2O2S. The lowest BCUT2D eigenvalue weighted by Crippen LogP contribution is -2.39. The number of nitrogen functional groups attached to an aromatic ring is 1. The molecule has 2 N–H and O–H groups in total. The number of rotatable bonds is 2. The van der Waals surface area contributed by atoms with Crippen LogP contribution in [0.25, 0.3) is 0 Å². The van der Waals surface area contributed by atoms with E-state index in [9.17, 15) is 8.42 Å². The largest absolute Gasteiger partial charge is 0.397 e. The van der Waals surface area contributed by atoms with Crippen molar-refractivity contribution < 1.29 is 8.42 Å². The fourth-order valence-corrected chi connectivity index (χ4v) is 3.95. The van der Waals surface area contributed by atoms with Crippen molar-refractivity contribution in [1.29, 1.82) is 0 Å². The number of halogens is 1. The molecule has 1 atom stereocenters. The lowest BCUT2D eigenvalue weighted by Gasteiger charge is -2.30. The Morgan fingerprint density at radius 2 is 2.17 bits per heavy atom. The summed E-state index contributed by atoms with van der Waals surface area (Å²) in [5.74, 6) is 0.401. The Labute approximate surface area is 113 Å². The van der Waals surface area contributed by atoms with Crippen LogP contribution >= 0.6 is 11.6 Å². The molecule has 1 aliphatic heterocycles. The molecule has 0 unspecified atom stereocenters. The van der Waals surface area contributed by atoms with Gasteiger partial charge in [-0.2, -0.15) is 4.31 Å². The van der Waals surface area contributed by atoms with Gasteiger partial charge in [0, 0.05) is 13.1 Å². The van der Waals surface area contributed by atoms with Gasteiger partial charge < -0.3 is 5.73 Å². The second-order valence-electron chi connectivity index (χ2n) is 4.79. The summed E-state index contributed by atoms with van der Waals surface area (Å²) in [5.41, 5.74) is 5.95. The lowest BCUT2D eigenvalue weighted by atomic mass is 10.0. The van der Waals surface area contributed by atoms with Crippen molar-refractivity contribution in [1.82, 2.24) is 4.31 Å². The van der Waals surface area contributed by atoms with Crippen molar-refractivity contribution in [3.8, 4) is 0 Å². The smallest absolute Gasteiger partial charge is 0.243 e. The Balaban J connectivity index is 2.32. The van der Waals surface area contributed by atoms with E-state index in [2.05, 4.69) is 6.92 Å². The van der Waals surface area contributed by atoms with Crippen LogP contribution in [0.1, 0.15) is 19.8 Å². The van der Waals surface area contributed by atoms with Crippen LogP contribution in [0.4, 0.5) is 5.69 Å². The maximum absolute atomic E-state index is 12.4. The van der Waals surface area contributed by atoms with Gasteiger partial charge in [-0.25, -0.2) is 8.42 Å². The quantitative estimate of drug-likeness (QED) is 0.850. The summed E-state index contributed by atoms with van der Waals surface area (Å²) in [6, 6.07) is 4.46. The van der Waals surface area contributed by atoms with E-state index in [1.54, 1.807) is 0 Å². The normalized spacial score (nSPS) is 22.0. The van der Waals surface area contributed by atoms with Gasteiger partial charge in [-0.3, -0.25) is 0 Å². The molecule has 1 aromatic carbocycles. The molecule has 100 valence electrons. The van der Waals surface area contributed by atoms with Gasteiger partial charge in [0.1, 0.15) is 0 Å². The predicted octanol–water partition coefficient (Wildman–Crippen LogP) is 2.34. The first-order chi connectivity index (χ1) is 8.41. The molecule has 6 heteroatoms. The van der Waals surface area contributed by atoms with E-state index < -0.39 is 10.0 Å². The summed E-state index contributed by atoms with van der Waals surface area (Å²) < 4.78 is 26.4. The Kier molecular flexibility index (Phi) is 3.84. The first-order valence-electron chi connectivity index (χ1n) is 5.96. The summed E-state index contributed by atoms with van der Waals surface area (Å²) in [6.07, 6.45) is 1.98. The van der Waals surface area contributed by atoms with Crippen molar-refractivity contribution in [2.75, 3.05) is 18.8 Å². The molecule has 1 saturated heterocycles. The first-order valence-corrected chi connectivity index (χ1v) is 7.78. The molecule has 1 aromatic rings. The molecule has 0 spiro atoms. The molecule has 4 nitrogen and oxygen atoms in total. The minimum absolute atomic E-state index is 0.221. The molecule has 0 aromatic heterocycles. The van der Waals surface area contributed by atoms with Crippen molar-refractivity contribution in [3.05, 3.63) is 23.2 Å². The number of nitrogens with zero attached hydrogens (tertiary/aromatic N) is 1. The Morgan fingerprint density at radius 1 is 1.44 bits per heavy atom. The summed E-state index contributed by atoms with van der Waals surface area (Å²) in [4.78, 5) is 0.221. The Bertz CT molecular complexity index is 545. The van der Waals surface area contributed by atoms with Crippen LogP contribution in [-0.2, 0) is 10.0 Å². The summed E-state index contributed by atoms with van der Waals surface area (Å²) in [5, 5.41) is 0.376. The van der Waals surface area contributed by atoms with E-state index in [-0.39, 0.29) is 4.90 Å². The number of nitrogens with two attached hydrogens (primary N) is 1. The van der Waals surface area contributed by atoms with Crippen molar-refractivity contribution in [2.45, 2.75) is 24.7 Å². The zero-order valence-electron chi connectivity index (χ0n) is 10.3. The minimum Gasteiger partial charge on any atom is -0.397 e. The molecule has 1 heterocycles. The standard InChI is InChI=1S/C12H17ClN2O2S/c1-9-3-2-6-15(8-9)18(16,17)10-4-5-11(13)12(14)7-10/h4-5,7,9H,2-3,6,8,14H2,1H3/t9-/m1/s1. The minimum atomic E-state index is -3.44. The van der Waals surface area contributed by atoms with E-state index in [0.717, 1.165) is 12.8 Å². The average Bonchev–Trinajstić information content (AvgIpc) is 2.32. The van der Waals surface area contributed by atoms with Gasteiger partial charge in [0.05, 0.1) is 15.6 Å². The van der Waals surface area contributed by atoms with Crippen molar-refractivity contribution >= 4 is 27.3 Å². The number of sulfonamides is 1. The summed E-state index contributed by atoms with van der Waals surface area (Å²) in [7, 11) is -3.44. The van der Waals surface area contributed by atoms with Crippen molar-refractivity contribution in [3.63, 3.8) is 0 Å². The third-order valence-electron chi connectivity index (χ3n) is 3.22. The Morgan fingerprint density at radius 3 is 2.78 bits per heavy atom. The Hall–Kier alpha value is -0.780. The topological polar surface area (TPSA) is 63.4 Å². The predicted molar refractivity (Wildman–Crippen MR) is 73.0 cm³/mol. The van der Waals surface area contributed by atoms with E-state index in [1.165, 1.54) is 22.5 Å². The molecule has 0 saturated carbocycles. The van der Waals surface area contributed by atoms with Crippen molar-refractivity contribution in [2.24, 2.45) is 5.92 Å². The number of benzene rings is 1. The molecule has 0 bridgehead atoms. The van der Waals surface area contributed by atoms with Crippen LogP contribution in [-0.4, -0.2) is 25.8 Å². The van der Waals surface area contributed by atoms with Gasteiger partial charge in [-0.15, -0.1) is 0 Å². The highest BCUT2D eigenvalue weighted by molar-refractivity contribution is 7.89. The van der Waals surface area contributed by atoms with Gasteiger partial charge in [0.2, 0.25) is 10.0 Å². The zero-order chi connectivity index (χ0) is 13.3. The van der Waals surface area contributed by atoms with Crippen LogP contribution in [0, 0.1) is 5.92 Å².